The quantitative estimate of drug-likeness (QED) is 0.637. The Morgan fingerprint density at radius 2 is 1.79 bits per heavy atom. The highest BCUT2D eigenvalue weighted by molar-refractivity contribution is 4.95. The molecule has 1 fully saturated rings. The molecule has 1 atom stereocenters. The van der Waals surface area contributed by atoms with Crippen LogP contribution in [0, 0.1) is 0 Å². The third-order valence-corrected chi connectivity index (χ3v) is 3.16. The van der Waals surface area contributed by atoms with Crippen LogP contribution in [-0.4, -0.2) is 47.6 Å². The van der Waals surface area contributed by atoms with E-state index in [0.29, 0.717) is 18.1 Å². The first-order valence-electron chi connectivity index (χ1n) is 5.68. The van der Waals surface area contributed by atoms with Crippen molar-refractivity contribution < 1.29 is 0 Å². The van der Waals surface area contributed by atoms with E-state index in [2.05, 4.69) is 50.1 Å². The minimum atomic E-state index is 0.533. The van der Waals surface area contributed by atoms with Gasteiger partial charge in [-0.2, -0.15) is 0 Å². The average Bonchev–Trinajstić information content (AvgIpc) is 2.16. The third-order valence-electron chi connectivity index (χ3n) is 3.16. The summed E-state index contributed by atoms with van der Waals surface area (Å²) in [5.74, 6) is 0. The van der Waals surface area contributed by atoms with E-state index in [1.807, 2.05) is 0 Å². The zero-order valence-electron chi connectivity index (χ0n) is 10.0. The molecule has 0 radical (unpaired) electrons. The smallest absolute Gasteiger partial charge is 0.0406 e. The van der Waals surface area contributed by atoms with E-state index < -0.39 is 0 Å². The van der Waals surface area contributed by atoms with Gasteiger partial charge < -0.3 is 0 Å². The minimum absolute atomic E-state index is 0.533. The average molecular weight is 196 g/mol. The zero-order chi connectivity index (χ0) is 10.7. The predicted octanol–water partition coefficient (Wildman–Crippen LogP) is 1.98. The molecule has 0 bridgehead atoms. The van der Waals surface area contributed by atoms with E-state index in [1.165, 1.54) is 13.1 Å². The van der Waals surface area contributed by atoms with E-state index in [-0.39, 0.29) is 0 Å². The van der Waals surface area contributed by atoms with Gasteiger partial charge in [0, 0.05) is 37.8 Å². The maximum Gasteiger partial charge on any atom is 0.0406 e. The molecule has 0 aromatic carbocycles. The van der Waals surface area contributed by atoms with Crippen LogP contribution >= 0.6 is 0 Å². The molecular weight excluding hydrogens is 172 g/mol. The van der Waals surface area contributed by atoms with Crippen LogP contribution in [-0.2, 0) is 0 Å². The van der Waals surface area contributed by atoms with Crippen LogP contribution in [0.4, 0.5) is 0 Å². The minimum Gasteiger partial charge on any atom is -0.298 e. The van der Waals surface area contributed by atoms with Gasteiger partial charge in [-0.15, -0.1) is 6.58 Å². The van der Waals surface area contributed by atoms with Crippen molar-refractivity contribution in [2.75, 3.05) is 19.6 Å². The molecule has 0 aromatic heterocycles. The van der Waals surface area contributed by atoms with Gasteiger partial charge in [-0.3, -0.25) is 9.80 Å². The fourth-order valence-electron chi connectivity index (χ4n) is 2.17. The molecular formula is C12H24N2. The van der Waals surface area contributed by atoms with Crippen molar-refractivity contribution >= 4 is 0 Å². The lowest BCUT2D eigenvalue weighted by Gasteiger charge is -2.43. The highest BCUT2D eigenvalue weighted by Gasteiger charge is 2.27. The molecule has 1 unspecified atom stereocenters. The lowest BCUT2D eigenvalue weighted by molar-refractivity contribution is 0.0571. The first-order chi connectivity index (χ1) is 6.56. The van der Waals surface area contributed by atoms with Crippen LogP contribution in [0.25, 0.3) is 0 Å². The van der Waals surface area contributed by atoms with Gasteiger partial charge >= 0.3 is 0 Å². The Labute approximate surface area is 88.6 Å². The summed E-state index contributed by atoms with van der Waals surface area (Å²) >= 11 is 0. The van der Waals surface area contributed by atoms with Gasteiger partial charge in [0.05, 0.1) is 0 Å². The Hall–Kier alpha value is -0.340. The summed E-state index contributed by atoms with van der Waals surface area (Å²) in [4.78, 5) is 5.07. The van der Waals surface area contributed by atoms with Gasteiger partial charge in [-0.25, -0.2) is 0 Å². The second-order valence-electron chi connectivity index (χ2n) is 4.72. The van der Waals surface area contributed by atoms with Crippen molar-refractivity contribution in [3.8, 4) is 0 Å². The zero-order valence-corrected chi connectivity index (χ0v) is 10.0. The largest absolute Gasteiger partial charge is 0.298 e. The van der Waals surface area contributed by atoms with Gasteiger partial charge in [0.25, 0.3) is 0 Å². The van der Waals surface area contributed by atoms with Crippen molar-refractivity contribution in [1.82, 2.24) is 9.80 Å². The summed E-state index contributed by atoms with van der Waals surface area (Å²) in [7, 11) is 0. The molecule has 0 saturated carbocycles. The molecule has 0 aliphatic carbocycles. The summed E-state index contributed by atoms with van der Waals surface area (Å²) in [5, 5.41) is 0. The van der Waals surface area contributed by atoms with Crippen LogP contribution in [0.5, 0.6) is 0 Å². The molecule has 0 N–H and O–H groups in total. The first-order valence-corrected chi connectivity index (χ1v) is 5.68. The molecule has 82 valence electrons. The predicted molar refractivity (Wildman–Crippen MR) is 62.5 cm³/mol. The summed E-state index contributed by atoms with van der Waals surface area (Å²) < 4.78 is 0. The van der Waals surface area contributed by atoms with Crippen molar-refractivity contribution in [2.24, 2.45) is 0 Å². The third kappa shape index (κ3) is 2.58. The van der Waals surface area contributed by atoms with Gasteiger partial charge in [-0.1, -0.05) is 6.08 Å². The molecule has 1 saturated heterocycles. The summed E-state index contributed by atoms with van der Waals surface area (Å²) in [5.41, 5.74) is 0. The summed E-state index contributed by atoms with van der Waals surface area (Å²) in [6, 6.07) is 1.82. The second kappa shape index (κ2) is 4.94. The monoisotopic (exact) mass is 196 g/mol. The molecule has 0 spiro atoms. The van der Waals surface area contributed by atoms with Crippen LogP contribution in [0.3, 0.4) is 0 Å². The molecule has 1 aliphatic rings. The number of rotatable bonds is 3. The number of hydrogen-bond acceptors (Lipinski definition) is 2. The van der Waals surface area contributed by atoms with E-state index in [9.17, 15) is 0 Å². The Kier molecular flexibility index (Phi) is 4.14. The molecule has 2 nitrogen and oxygen atoms in total. The first kappa shape index (κ1) is 11.7. The standard InChI is InChI=1S/C12H24N2/c1-6-12-9-13(10(2)3)7-8-14(12)11(4)5/h6,10-12H,1,7-9H2,2-5H3. The van der Waals surface area contributed by atoms with Gasteiger partial charge in [-0.05, 0) is 27.7 Å². The lowest BCUT2D eigenvalue weighted by Crippen LogP contribution is -2.56. The van der Waals surface area contributed by atoms with Crippen LogP contribution in [0.2, 0.25) is 0 Å². The van der Waals surface area contributed by atoms with Crippen LogP contribution in [0.15, 0.2) is 12.7 Å². The molecule has 1 heterocycles. The lowest BCUT2D eigenvalue weighted by atomic mass is 10.1. The normalized spacial score (nSPS) is 26.0. The van der Waals surface area contributed by atoms with Crippen molar-refractivity contribution in [2.45, 2.75) is 45.8 Å². The molecule has 14 heavy (non-hydrogen) atoms. The van der Waals surface area contributed by atoms with Crippen LogP contribution in [0.1, 0.15) is 27.7 Å². The highest BCUT2D eigenvalue weighted by Crippen LogP contribution is 2.15. The molecule has 1 rings (SSSR count). The van der Waals surface area contributed by atoms with Gasteiger partial charge in [0.15, 0.2) is 0 Å². The molecule has 0 aromatic rings. The molecule has 1 aliphatic heterocycles. The summed E-state index contributed by atoms with van der Waals surface area (Å²) in [6.07, 6.45) is 2.09. The van der Waals surface area contributed by atoms with E-state index >= 15 is 0 Å². The Bertz CT molecular complexity index is 187. The topological polar surface area (TPSA) is 6.48 Å². The van der Waals surface area contributed by atoms with E-state index in [1.54, 1.807) is 0 Å². The number of nitrogens with zero attached hydrogens (tertiary/aromatic N) is 2. The second-order valence-corrected chi connectivity index (χ2v) is 4.72. The number of piperazine rings is 1. The SMILES string of the molecule is C=CC1CN(C(C)C)CCN1C(C)C. The van der Waals surface area contributed by atoms with Gasteiger partial charge in [0.2, 0.25) is 0 Å². The Balaban J connectivity index is 2.59. The number of hydrogen-bond donors (Lipinski definition) is 0. The highest BCUT2D eigenvalue weighted by atomic mass is 15.3. The molecule has 2 heteroatoms. The van der Waals surface area contributed by atoms with E-state index in [4.69, 9.17) is 0 Å². The Morgan fingerprint density at radius 3 is 2.21 bits per heavy atom. The Morgan fingerprint density at radius 1 is 1.14 bits per heavy atom. The molecule has 0 amide bonds. The summed E-state index contributed by atoms with van der Waals surface area (Å²) in [6.45, 7) is 16.5. The van der Waals surface area contributed by atoms with Crippen molar-refractivity contribution in [1.29, 1.82) is 0 Å². The fourth-order valence-corrected chi connectivity index (χ4v) is 2.17. The van der Waals surface area contributed by atoms with Crippen molar-refractivity contribution in [3.05, 3.63) is 12.7 Å². The van der Waals surface area contributed by atoms with Crippen molar-refractivity contribution in [3.63, 3.8) is 0 Å². The fraction of sp³-hybridized carbons (Fsp3) is 0.833. The van der Waals surface area contributed by atoms with Gasteiger partial charge in [0.1, 0.15) is 0 Å². The van der Waals surface area contributed by atoms with E-state index in [0.717, 1.165) is 6.54 Å². The maximum absolute atomic E-state index is 3.94. The maximum atomic E-state index is 3.94. The van der Waals surface area contributed by atoms with Crippen LogP contribution < -0.4 is 0 Å².